The van der Waals surface area contributed by atoms with Crippen molar-refractivity contribution in [2.75, 3.05) is 0 Å². The summed E-state index contributed by atoms with van der Waals surface area (Å²) >= 11 is 0. The average molecular weight is 174 g/mol. The molecule has 0 aromatic carbocycles. The molecule has 6 heteroatoms. The first-order valence-corrected chi connectivity index (χ1v) is 3.07. The van der Waals surface area contributed by atoms with Crippen LogP contribution in [0, 0.1) is 0 Å². The molecule has 6 nitrogen and oxygen atoms in total. The molecule has 0 saturated heterocycles. The van der Waals surface area contributed by atoms with Crippen molar-refractivity contribution in [3.05, 3.63) is 12.2 Å². The van der Waals surface area contributed by atoms with Crippen molar-refractivity contribution >= 4 is 11.6 Å². The standard InChI is InChI=1S/C6H6O6/c7-3-1-2-4(8)6(12-10)5(3)11-9/h1-2,5-6,9-10H. The lowest BCUT2D eigenvalue weighted by atomic mass is 9.99. The smallest absolute Gasteiger partial charge is 0.191 e. The lowest BCUT2D eigenvalue weighted by Gasteiger charge is -2.19. The van der Waals surface area contributed by atoms with E-state index in [0.29, 0.717) is 0 Å². The zero-order valence-corrected chi connectivity index (χ0v) is 5.84. The molecule has 2 unspecified atom stereocenters. The van der Waals surface area contributed by atoms with Gasteiger partial charge in [0.1, 0.15) is 0 Å². The molecule has 12 heavy (non-hydrogen) atoms. The van der Waals surface area contributed by atoms with Crippen LogP contribution >= 0.6 is 0 Å². The van der Waals surface area contributed by atoms with Gasteiger partial charge in [-0.05, 0) is 12.2 Å². The summed E-state index contributed by atoms with van der Waals surface area (Å²) in [4.78, 5) is 29.0. The molecule has 0 aromatic heterocycles. The van der Waals surface area contributed by atoms with E-state index in [0.717, 1.165) is 12.2 Å². The van der Waals surface area contributed by atoms with Crippen LogP contribution in [-0.2, 0) is 19.4 Å². The molecule has 0 saturated carbocycles. The van der Waals surface area contributed by atoms with Gasteiger partial charge in [0.15, 0.2) is 23.8 Å². The van der Waals surface area contributed by atoms with Crippen LogP contribution in [0.1, 0.15) is 0 Å². The third-order valence-electron chi connectivity index (χ3n) is 1.47. The SMILES string of the molecule is O=C1C=CC(=O)C(OO)C1OO. The summed E-state index contributed by atoms with van der Waals surface area (Å²) in [5.41, 5.74) is 0. The topological polar surface area (TPSA) is 93.1 Å². The van der Waals surface area contributed by atoms with E-state index >= 15 is 0 Å². The lowest BCUT2D eigenvalue weighted by Crippen LogP contribution is -2.44. The van der Waals surface area contributed by atoms with Gasteiger partial charge in [-0.2, -0.15) is 0 Å². The largest absolute Gasteiger partial charge is 0.292 e. The molecule has 2 atom stereocenters. The van der Waals surface area contributed by atoms with Crippen molar-refractivity contribution in [2.24, 2.45) is 0 Å². The average Bonchev–Trinajstić information content (AvgIpc) is 2.08. The Kier molecular flexibility index (Phi) is 2.66. The molecule has 0 aromatic rings. The van der Waals surface area contributed by atoms with Crippen molar-refractivity contribution in [1.82, 2.24) is 0 Å². The highest BCUT2D eigenvalue weighted by Gasteiger charge is 2.37. The van der Waals surface area contributed by atoms with E-state index < -0.39 is 23.8 Å². The van der Waals surface area contributed by atoms with Crippen LogP contribution in [-0.4, -0.2) is 34.3 Å². The molecule has 1 rings (SSSR count). The quantitative estimate of drug-likeness (QED) is 0.429. The Labute approximate surface area is 66.9 Å². The van der Waals surface area contributed by atoms with Gasteiger partial charge in [0, 0.05) is 0 Å². The maximum atomic E-state index is 10.8. The van der Waals surface area contributed by atoms with Crippen LogP contribution in [0.3, 0.4) is 0 Å². The van der Waals surface area contributed by atoms with Crippen LogP contribution < -0.4 is 0 Å². The van der Waals surface area contributed by atoms with Crippen LogP contribution in [0.2, 0.25) is 0 Å². The molecule has 66 valence electrons. The highest BCUT2D eigenvalue weighted by atomic mass is 17.1. The van der Waals surface area contributed by atoms with Gasteiger partial charge in [0.25, 0.3) is 0 Å². The highest BCUT2D eigenvalue weighted by Crippen LogP contribution is 2.11. The number of rotatable bonds is 2. The van der Waals surface area contributed by atoms with Crippen molar-refractivity contribution in [3.8, 4) is 0 Å². The maximum absolute atomic E-state index is 10.8. The molecule has 0 radical (unpaired) electrons. The fourth-order valence-electron chi connectivity index (χ4n) is 0.867. The first-order valence-electron chi connectivity index (χ1n) is 3.07. The number of ketones is 2. The van der Waals surface area contributed by atoms with E-state index in [2.05, 4.69) is 9.78 Å². The Hall–Kier alpha value is -1.08. The van der Waals surface area contributed by atoms with Crippen molar-refractivity contribution in [1.29, 1.82) is 0 Å². The van der Waals surface area contributed by atoms with Gasteiger partial charge in [-0.1, -0.05) is 0 Å². The second-order valence-electron chi connectivity index (χ2n) is 2.19. The van der Waals surface area contributed by atoms with Gasteiger partial charge < -0.3 is 0 Å². The molecule has 0 aliphatic heterocycles. The van der Waals surface area contributed by atoms with Gasteiger partial charge in [0.05, 0.1) is 0 Å². The molecular formula is C6H6O6. The van der Waals surface area contributed by atoms with E-state index in [1.165, 1.54) is 0 Å². The number of hydrogen-bond acceptors (Lipinski definition) is 6. The number of carbonyl (C=O) groups excluding carboxylic acids is 2. The van der Waals surface area contributed by atoms with Gasteiger partial charge in [0.2, 0.25) is 0 Å². The Morgan fingerprint density at radius 3 is 1.58 bits per heavy atom. The second-order valence-corrected chi connectivity index (χ2v) is 2.19. The number of carbonyl (C=O) groups is 2. The van der Waals surface area contributed by atoms with Gasteiger partial charge >= 0.3 is 0 Å². The molecule has 1 aliphatic rings. The fraction of sp³-hybridized carbons (Fsp3) is 0.333. The van der Waals surface area contributed by atoms with Crippen molar-refractivity contribution < 1.29 is 29.9 Å². The zero-order chi connectivity index (χ0) is 9.14. The Bertz CT molecular complexity index is 208. The van der Waals surface area contributed by atoms with Crippen LogP contribution in [0.15, 0.2) is 12.2 Å². The molecule has 0 bridgehead atoms. The molecule has 0 amide bonds. The first-order chi connectivity index (χ1) is 5.70. The van der Waals surface area contributed by atoms with E-state index in [4.69, 9.17) is 10.5 Å². The van der Waals surface area contributed by atoms with Crippen molar-refractivity contribution in [3.63, 3.8) is 0 Å². The maximum Gasteiger partial charge on any atom is 0.191 e. The minimum atomic E-state index is -1.48. The van der Waals surface area contributed by atoms with E-state index in [9.17, 15) is 9.59 Å². The van der Waals surface area contributed by atoms with Gasteiger partial charge in [-0.15, -0.1) is 0 Å². The van der Waals surface area contributed by atoms with Crippen LogP contribution in [0.4, 0.5) is 0 Å². The molecule has 0 fully saturated rings. The van der Waals surface area contributed by atoms with Gasteiger partial charge in [-0.3, -0.25) is 20.1 Å². The predicted molar refractivity (Wildman–Crippen MR) is 34.2 cm³/mol. The Morgan fingerprint density at radius 2 is 1.33 bits per heavy atom. The summed E-state index contributed by atoms with van der Waals surface area (Å²) in [5, 5.41) is 16.4. The lowest BCUT2D eigenvalue weighted by molar-refractivity contribution is -0.336. The van der Waals surface area contributed by atoms with E-state index in [-0.39, 0.29) is 0 Å². The molecule has 1 aliphatic carbocycles. The Morgan fingerprint density at radius 1 is 1.00 bits per heavy atom. The third kappa shape index (κ3) is 1.41. The predicted octanol–water partition coefficient (Wildman–Crippen LogP) is -0.589. The Balaban J connectivity index is 2.88. The summed E-state index contributed by atoms with van der Waals surface area (Å²) in [6.45, 7) is 0. The zero-order valence-electron chi connectivity index (χ0n) is 5.84. The molecular weight excluding hydrogens is 168 g/mol. The molecule has 0 heterocycles. The summed E-state index contributed by atoms with van der Waals surface area (Å²) in [6, 6.07) is 0. The minimum Gasteiger partial charge on any atom is -0.292 e. The first kappa shape index (κ1) is 9.01. The van der Waals surface area contributed by atoms with Crippen LogP contribution in [0.5, 0.6) is 0 Å². The number of hydrogen-bond donors (Lipinski definition) is 2. The summed E-state index contributed by atoms with van der Waals surface area (Å²) in [5.74, 6) is -1.28. The third-order valence-corrected chi connectivity index (χ3v) is 1.47. The van der Waals surface area contributed by atoms with Gasteiger partial charge in [-0.25, -0.2) is 9.78 Å². The highest BCUT2D eigenvalue weighted by molar-refractivity contribution is 6.09. The molecule has 0 spiro atoms. The van der Waals surface area contributed by atoms with Crippen molar-refractivity contribution in [2.45, 2.75) is 12.2 Å². The second kappa shape index (κ2) is 3.55. The minimum absolute atomic E-state index is 0.642. The molecule has 2 N–H and O–H groups in total. The van der Waals surface area contributed by atoms with E-state index in [1.807, 2.05) is 0 Å². The summed E-state index contributed by atoms with van der Waals surface area (Å²) in [6.07, 6.45) is -1.07. The fourth-order valence-corrected chi connectivity index (χ4v) is 0.867. The summed E-state index contributed by atoms with van der Waals surface area (Å²) in [7, 11) is 0. The monoisotopic (exact) mass is 174 g/mol. The summed E-state index contributed by atoms with van der Waals surface area (Å²) < 4.78 is 0. The normalized spacial score (nSPS) is 29.5. The van der Waals surface area contributed by atoms with Crippen LogP contribution in [0.25, 0.3) is 0 Å². The van der Waals surface area contributed by atoms with E-state index in [1.54, 1.807) is 0 Å².